The predicted molar refractivity (Wildman–Crippen MR) is 92.0 cm³/mol. The molecule has 1 heterocycles. The first-order valence-electron chi connectivity index (χ1n) is 8.50. The van der Waals surface area contributed by atoms with Crippen molar-refractivity contribution in [3.8, 4) is 0 Å². The van der Waals surface area contributed by atoms with Gasteiger partial charge in [0.25, 0.3) is 5.56 Å². The molecule has 0 unspecified atom stereocenters. The Balaban J connectivity index is 1.82. The van der Waals surface area contributed by atoms with E-state index in [1.54, 1.807) is 31.2 Å². The number of esters is 1. The second-order valence-corrected chi connectivity index (χ2v) is 6.28. The normalized spacial score (nSPS) is 15.9. The van der Waals surface area contributed by atoms with Gasteiger partial charge in [-0.05, 0) is 25.8 Å². The molecule has 0 aliphatic heterocycles. The van der Waals surface area contributed by atoms with E-state index in [-0.39, 0.29) is 30.5 Å². The molecule has 0 spiro atoms. The molecule has 2 N–H and O–H groups in total. The quantitative estimate of drug-likeness (QED) is 0.800. The lowest BCUT2D eigenvalue weighted by Crippen LogP contribution is -2.53. The number of ether oxygens (including phenoxy) is 1. The molecule has 1 aromatic heterocycles. The van der Waals surface area contributed by atoms with Gasteiger partial charge in [0.2, 0.25) is 5.91 Å². The molecule has 25 heavy (non-hydrogen) atoms. The van der Waals surface area contributed by atoms with Gasteiger partial charge in [-0.15, -0.1) is 0 Å². The van der Waals surface area contributed by atoms with E-state index < -0.39 is 5.54 Å². The molecule has 3 rings (SSSR count). The number of fused-ring (bicyclic) bond motifs is 1. The lowest BCUT2D eigenvalue weighted by atomic mass is 9.97. The van der Waals surface area contributed by atoms with Crippen LogP contribution in [0.5, 0.6) is 0 Å². The number of hydrogen-bond donors (Lipinski definition) is 2. The van der Waals surface area contributed by atoms with Gasteiger partial charge in [-0.25, -0.2) is 9.89 Å². The van der Waals surface area contributed by atoms with E-state index in [2.05, 4.69) is 15.5 Å². The van der Waals surface area contributed by atoms with Gasteiger partial charge in [0, 0.05) is 5.39 Å². The summed E-state index contributed by atoms with van der Waals surface area (Å²) in [4.78, 5) is 36.7. The van der Waals surface area contributed by atoms with Gasteiger partial charge >= 0.3 is 5.97 Å². The minimum absolute atomic E-state index is 0.0154. The van der Waals surface area contributed by atoms with Crippen LogP contribution in [0, 0.1) is 0 Å². The number of carbonyl (C=O) groups excluding carboxylic acids is 2. The molecule has 1 saturated carbocycles. The summed E-state index contributed by atoms with van der Waals surface area (Å²) >= 11 is 0. The Labute approximate surface area is 144 Å². The molecule has 0 radical (unpaired) electrons. The van der Waals surface area contributed by atoms with Crippen molar-refractivity contribution in [1.29, 1.82) is 0 Å². The number of aromatic amines is 1. The maximum absolute atomic E-state index is 12.6. The molecule has 1 aromatic carbocycles. The summed E-state index contributed by atoms with van der Waals surface area (Å²) in [6.45, 7) is 2.03. The van der Waals surface area contributed by atoms with Crippen molar-refractivity contribution in [3.63, 3.8) is 0 Å². The number of H-pyrrole nitrogens is 1. The van der Waals surface area contributed by atoms with Gasteiger partial charge in [0.05, 0.1) is 24.1 Å². The minimum atomic E-state index is -0.939. The van der Waals surface area contributed by atoms with E-state index in [0.717, 1.165) is 12.8 Å². The first kappa shape index (κ1) is 17.1. The first-order chi connectivity index (χ1) is 12.1. The first-order valence-corrected chi connectivity index (χ1v) is 8.50. The standard InChI is InChI=1S/C18H21N3O4/c1-2-25-17(24)18(9-5-6-10-18)19-15(22)11-14-12-7-3-4-8-13(12)16(23)21-20-14/h3-4,7-8H,2,5-6,9-11H2,1H3,(H,19,22)(H,21,23). The second-order valence-electron chi connectivity index (χ2n) is 6.28. The zero-order valence-electron chi connectivity index (χ0n) is 14.1. The van der Waals surface area contributed by atoms with Crippen LogP contribution in [0.3, 0.4) is 0 Å². The van der Waals surface area contributed by atoms with Gasteiger partial charge < -0.3 is 10.1 Å². The van der Waals surface area contributed by atoms with Crippen molar-refractivity contribution in [2.45, 2.75) is 44.6 Å². The van der Waals surface area contributed by atoms with Crippen LogP contribution in [0.25, 0.3) is 10.8 Å². The van der Waals surface area contributed by atoms with E-state index >= 15 is 0 Å². The number of rotatable bonds is 5. The Morgan fingerprint density at radius 3 is 2.60 bits per heavy atom. The average Bonchev–Trinajstić information content (AvgIpc) is 3.07. The molecule has 0 saturated heterocycles. The lowest BCUT2D eigenvalue weighted by molar-refractivity contribution is -0.153. The molecule has 7 nitrogen and oxygen atoms in total. The van der Waals surface area contributed by atoms with Crippen molar-refractivity contribution in [3.05, 3.63) is 40.3 Å². The zero-order valence-corrected chi connectivity index (χ0v) is 14.1. The summed E-state index contributed by atoms with van der Waals surface area (Å²) in [6.07, 6.45) is 2.89. The third kappa shape index (κ3) is 3.40. The van der Waals surface area contributed by atoms with Gasteiger partial charge in [0.1, 0.15) is 5.54 Å². The van der Waals surface area contributed by atoms with Gasteiger partial charge in [-0.3, -0.25) is 9.59 Å². The molecular formula is C18H21N3O4. The fourth-order valence-electron chi connectivity index (χ4n) is 3.40. The molecule has 1 aliphatic rings. The summed E-state index contributed by atoms with van der Waals surface area (Å²) < 4.78 is 5.15. The molecule has 132 valence electrons. The van der Waals surface area contributed by atoms with Crippen LogP contribution in [-0.2, 0) is 20.7 Å². The fourth-order valence-corrected chi connectivity index (χ4v) is 3.40. The molecule has 2 aromatic rings. The third-order valence-corrected chi connectivity index (χ3v) is 4.60. The highest BCUT2D eigenvalue weighted by Crippen LogP contribution is 2.31. The maximum atomic E-state index is 12.6. The van der Waals surface area contributed by atoms with E-state index in [1.807, 2.05) is 0 Å². The van der Waals surface area contributed by atoms with E-state index in [1.165, 1.54) is 0 Å². The third-order valence-electron chi connectivity index (χ3n) is 4.60. The SMILES string of the molecule is CCOC(=O)C1(NC(=O)Cc2n[nH]c(=O)c3ccccc23)CCCC1. The van der Waals surface area contributed by atoms with Gasteiger partial charge in [-0.1, -0.05) is 31.0 Å². The monoisotopic (exact) mass is 343 g/mol. The summed E-state index contributed by atoms with van der Waals surface area (Å²) in [5.41, 5.74) is -0.756. The number of carbonyl (C=O) groups is 2. The van der Waals surface area contributed by atoms with Crippen LogP contribution in [-0.4, -0.2) is 34.2 Å². The number of aromatic nitrogens is 2. The predicted octanol–water partition coefficient (Wildman–Crippen LogP) is 1.46. The summed E-state index contributed by atoms with van der Waals surface area (Å²) in [5, 5.41) is 10.4. The lowest BCUT2D eigenvalue weighted by Gasteiger charge is -2.27. The van der Waals surface area contributed by atoms with Crippen molar-refractivity contribution < 1.29 is 14.3 Å². The number of amides is 1. The largest absolute Gasteiger partial charge is 0.464 e. The highest BCUT2D eigenvalue weighted by Gasteiger charge is 2.43. The number of nitrogens with one attached hydrogen (secondary N) is 2. The number of benzene rings is 1. The Morgan fingerprint density at radius 1 is 1.24 bits per heavy atom. The van der Waals surface area contributed by atoms with Crippen molar-refractivity contribution in [1.82, 2.24) is 15.5 Å². The van der Waals surface area contributed by atoms with Crippen molar-refractivity contribution in [2.75, 3.05) is 6.61 Å². The average molecular weight is 343 g/mol. The maximum Gasteiger partial charge on any atom is 0.331 e. The molecule has 7 heteroatoms. The Bertz CT molecular complexity index is 853. The van der Waals surface area contributed by atoms with Crippen molar-refractivity contribution >= 4 is 22.6 Å². The van der Waals surface area contributed by atoms with Crippen LogP contribution in [0.1, 0.15) is 38.3 Å². The molecule has 1 amide bonds. The Hall–Kier alpha value is -2.70. The van der Waals surface area contributed by atoms with Crippen LogP contribution in [0.4, 0.5) is 0 Å². The van der Waals surface area contributed by atoms with Crippen LogP contribution >= 0.6 is 0 Å². The number of hydrogen-bond acceptors (Lipinski definition) is 5. The van der Waals surface area contributed by atoms with Crippen LogP contribution in [0.2, 0.25) is 0 Å². The van der Waals surface area contributed by atoms with Gasteiger partial charge in [0.15, 0.2) is 0 Å². The van der Waals surface area contributed by atoms with E-state index in [0.29, 0.717) is 29.3 Å². The van der Waals surface area contributed by atoms with E-state index in [4.69, 9.17) is 4.74 Å². The molecule has 1 fully saturated rings. The van der Waals surface area contributed by atoms with E-state index in [9.17, 15) is 14.4 Å². The molecule has 0 bridgehead atoms. The smallest absolute Gasteiger partial charge is 0.331 e. The van der Waals surface area contributed by atoms with Crippen LogP contribution in [0.15, 0.2) is 29.1 Å². The van der Waals surface area contributed by atoms with Crippen molar-refractivity contribution in [2.24, 2.45) is 0 Å². The zero-order chi connectivity index (χ0) is 17.9. The summed E-state index contributed by atoms with van der Waals surface area (Å²) in [5.74, 6) is -0.681. The molecule has 1 aliphatic carbocycles. The minimum Gasteiger partial charge on any atom is -0.464 e. The summed E-state index contributed by atoms with van der Waals surface area (Å²) in [6, 6.07) is 7.00. The Morgan fingerprint density at radius 2 is 1.92 bits per heavy atom. The fraction of sp³-hybridized carbons (Fsp3) is 0.444. The highest BCUT2D eigenvalue weighted by atomic mass is 16.5. The molecule has 0 atom stereocenters. The number of nitrogens with zero attached hydrogens (tertiary/aromatic N) is 1. The Kier molecular flexibility index (Phi) is 4.83. The summed E-state index contributed by atoms with van der Waals surface area (Å²) in [7, 11) is 0. The van der Waals surface area contributed by atoms with Gasteiger partial charge in [-0.2, -0.15) is 5.10 Å². The highest BCUT2D eigenvalue weighted by molar-refractivity contribution is 5.92. The molecular weight excluding hydrogens is 322 g/mol. The second kappa shape index (κ2) is 7.04. The van der Waals surface area contributed by atoms with Crippen LogP contribution < -0.4 is 10.9 Å². The topological polar surface area (TPSA) is 101 Å².